The standard InChI is InChI=1S/C26H36N4O5S/c1-17(2)24-26(34)27-13-6-15-30(14-4-8-22(31)28-18(3)25(33)29-24)23(32)12-10-19-9-11-20(35-19)21-7-5-16-36-21/h5,7,9,11,16-18,24H,4,6,8,10,12-15H2,1-3H3,(H,27,34)(H,28,31)(H,29,33)/t18-,24-/m1/s1. The molecule has 4 amide bonds. The molecule has 10 heteroatoms. The van der Waals surface area contributed by atoms with Crippen molar-refractivity contribution in [3.05, 3.63) is 35.4 Å². The average Bonchev–Trinajstić information content (AvgIpc) is 3.53. The highest BCUT2D eigenvalue weighted by Crippen LogP contribution is 2.27. The number of nitrogens with zero attached hydrogens (tertiary/aromatic N) is 1. The number of rotatable bonds is 5. The molecule has 1 saturated heterocycles. The smallest absolute Gasteiger partial charge is 0.242 e. The van der Waals surface area contributed by atoms with Crippen molar-refractivity contribution in [3.63, 3.8) is 0 Å². The lowest BCUT2D eigenvalue weighted by molar-refractivity contribution is -0.132. The predicted molar refractivity (Wildman–Crippen MR) is 138 cm³/mol. The molecule has 0 spiro atoms. The minimum atomic E-state index is -0.762. The molecule has 0 radical (unpaired) electrons. The lowest BCUT2D eigenvalue weighted by atomic mass is 10.0. The molecule has 0 bridgehead atoms. The Morgan fingerprint density at radius 2 is 1.89 bits per heavy atom. The summed E-state index contributed by atoms with van der Waals surface area (Å²) in [6.07, 6.45) is 2.03. The van der Waals surface area contributed by atoms with Crippen molar-refractivity contribution in [1.29, 1.82) is 0 Å². The third kappa shape index (κ3) is 7.94. The highest BCUT2D eigenvalue weighted by molar-refractivity contribution is 7.13. The number of carbonyl (C=O) groups is 4. The number of hydrogen-bond donors (Lipinski definition) is 3. The number of hydrogen-bond acceptors (Lipinski definition) is 6. The molecule has 2 atom stereocenters. The zero-order chi connectivity index (χ0) is 26.1. The van der Waals surface area contributed by atoms with Crippen LogP contribution in [-0.4, -0.2) is 60.2 Å². The third-order valence-electron chi connectivity index (χ3n) is 6.12. The van der Waals surface area contributed by atoms with Crippen molar-refractivity contribution in [2.75, 3.05) is 19.6 Å². The van der Waals surface area contributed by atoms with E-state index in [4.69, 9.17) is 4.42 Å². The Bertz CT molecular complexity index is 1030. The van der Waals surface area contributed by atoms with Gasteiger partial charge >= 0.3 is 0 Å². The van der Waals surface area contributed by atoms with Crippen molar-refractivity contribution < 1.29 is 23.6 Å². The van der Waals surface area contributed by atoms with Crippen molar-refractivity contribution in [2.45, 2.75) is 65.0 Å². The second kappa shape index (κ2) is 13.2. The molecule has 0 aromatic carbocycles. The fourth-order valence-corrected chi connectivity index (χ4v) is 4.71. The normalized spacial score (nSPS) is 20.8. The van der Waals surface area contributed by atoms with E-state index in [0.29, 0.717) is 45.3 Å². The molecule has 2 aromatic rings. The van der Waals surface area contributed by atoms with Gasteiger partial charge in [-0.25, -0.2) is 0 Å². The monoisotopic (exact) mass is 516 g/mol. The first-order valence-electron chi connectivity index (χ1n) is 12.5. The van der Waals surface area contributed by atoms with Crippen molar-refractivity contribution in [3.8, 4) is 10.6 Å². The summed E-state index contributed by atoms with van der Waals surface area (Å²) in [6.45, 7) is 6.57. The highest BCUT2D eigenvalue weighted by Gasteiger charge is 2.27. The zero-order valence-corrected chi connectivity index (χ0v) is 22.0. The van der Waals surface area contributed by atoms with Crippen molar-refractivity contribution in [1.82, 2.24) is 20.9 Å². The fraction of sp³-hybridized carbons (Fsp3) is 0.538. The SMILES string of the molecule is CC(C)[C@H]1NC(=O)[C@@H](C)NC(=O)CCCN(C(=O)CCc2ccc(-c3cccs3)o2)CCCNC1=O. The first-order chi connectivity index (χ1) is 17.2. The first-order valence-corrected chi connectivity index (χ1v) is 13.4. The molecule has 36 heavy (non-hydrogen) atoms. The molecule has 0 unspecified atom stereocenters. The van der Waals surface area contributed by atoms with Crippen LogP contribution in [0.1, 0.15) is 52.2 Å². The maximum atomic E-state index is 13.0. The van der Waals surface area contributed by atoms with E-state index in [9.17, 15) is 19.2 Å². The van der Waals surface area contributed by atoms with Crippen LogP contribution in [0.3, 0.4) is 0 Å². The zero-order valence-electron chi connectivity index (χ0n) is 21.2. The van der Waals surface area contributed by atoms with E-state index in [-0.39, 0.29) is 30.1 Å². The Kier molecular flexibility index (Phi) is 10.1. The van der Waals surface area contributed by atoms with E-state index in [1.165, 1.54) is 0 Å². The van der Waals surface area contributed by atoms with Gasteiger partial charge in [-0.1, -0.05) is 19.9 Å². The summed E-state index contributed by atoms with van der Waals surface area (Å²) in [5.41, 5.74) is 0. The molecule has 196 valence electrons. The van der Waals surface area contributed by atoms with Crippen LogP contribution in [0.2, 0.25) is 0 Å². The van der Waals surface area contributed by atoms with Crippen LogP contribution in [0.5, 0.6) is 0 Å². The van der Waals surface area contributed by atoms with Gasteiger partial charge in [-0.3, -0.25) is 19.2 Å². The summed E-state index contributed by atoms with van der Waals surface area (Å²) in [6, 6.07) is 6.31. The van der Waals surface area contributed by atoms with Crippen LogP contribution in [0, 0.1) is 5.92 Å². The van der Waals surface area contributed by atoms with E-state index < -0.39 is 18.0 Å². The number of nitrogens with one attached hydrogen (secondary N) is 3. The number of amides is 4. The van der Waals surface area contributed by atoms with E-state index in [1.54, 1.807) is 23.2 Å². The first kappa shape index (κ1) is 27.4. The van der Waals surface area contributed by atoms with Gasteiger partial charge in [0.1, 0.15) is 23.6 Å². The van der Waals surface area contributed by atoms with E-state index >= 15 is 0 Å². The second-order valence-electron chi connectivity index (χ2n) is 9.39. The summed E-state index contributed by atoms with van der Waals surface area (Å²) < 4.78 is 5.89. The summed E-state index contributed by atoms with van der Waals surface area (Å²) in [5.74, 6) is 0.473. The van der Waals surface area contributed by atoms with Gasteiger partial charge in [0.05, 0.1) is 4.88 Å². The summed E-state index contributed by atoms with van der Waals surface area (Å²) in [4.78, 5) is 53.3. The lowest BCUT2D eigenvalue weighted by Gasteiger charge is -2.24. The Labute approximate surface area is 216 Å². The summed E-state index contributed by atoms with van der Waals surface area (Å²) in [7, 11) is 0. The van der Waals surface area contributed by atoms with Gasteiger partial charge in [0.2, 0.25) is 23.6 Å². The van der Waals surface area contributed by atoms with E-state index in [0.717, 1.165) is 16.4 Å². The van der Waals surface area contributed by atoms with E-state index in [1.807, 2.05) is 43.5 Å². The summed E-state index contributed by atoms with van der Waals surface area (Å²) in [5, 5.41) is 10.3. The quantitative estimate of drug-likeness (QED) is 0.564. The molecule has 2 aromatic heterocycles. The molecule has 3 heterocycles. The topological polar surface area (TPSA) is 121 Å². The van der Waals surface area contributed by atoms with Crippen LogP contribution in [0.25, 0.3) is 10.6 Å². The molecule has 0 saturated carbocycles. The van der Waals surface area contributed by atoms with Gasteiger partial charge in [-0.05, 0) is 49.3 Å². The predicted octanol–water partition coefficient (Wildman–Crippen LogP) is 2.71. The molecular weight excluding hydrogens is 480 g/mol. The Hall–Kier alpha value is -3.14. The van der Waals surface area contributed by atoms with Crippen LogP contribution in [0.4, 0.5) is 0 Å². The van der Waals surface area contributed by atoms with Crippen LogP contribution in [-0.2, 0) is 25.6 Å². The lowest BCUT2D eigenvalue weighted by Crippen LogP contribution is -2.54. The van der Waals surface area contributed by atoms with Crippen molar-refractivity contribution in [2.24, 2.45) is 5.92 Å². The minimum absolute atomic E-state index is 0.0228. The number of thiophene rings is 1. The number of carbonyl (C=O) groups excluding carboxylic acids is 4. The van der Waals surface area contributed by atoms with Gasteiger partial charge in [-0.15, -0.1) is 11.3 Å². The Morgan fingerprint density at radius 1 is 1.11 bits per heavy atom. The van der Waals surface area contributed by atoms with Gasteiger partial charge < -0.3 is 25.3 Å². The Morgan fingerprint density at radius 3 is 2.61 bits per heavy atom. The van der Waals surface area contributed by atoms with Gasteiger partial charge in [0.15, 0.2) is 0 Å². The summed E-state index contributed by atoms with van der Waals surface area (Å²) >= 11 is 1.60. The molecule has 1 fully saturated rings. The molecule has 0 aliphatic carbocycles. The van der Waals surface area contributed by atoms with Crippen molar-refractivity contribution >= 4 is 35.0 Å². The van der Waals surface area contributed by atoms with Gasteiger partial charge in [-0.2, -0.15) is 0 Å². The van der Waals surface area contributed by atoms with Crippen LogP contribution >= 0.6 is 11.3 Å². The largest absolute Gasteiger partial charge is 0.460 e. The maximum Gasteiger partial charge on any atom is 0.242 e. The average molecular weight is 517 g/mol. The maximum absolute atomic E-state index is 13.0. The minimum Gasteiger partial charge on any atom is -0.460 e. The van der Waals surface area contributed by atoms with E-state index in [2.05, 4.69) is 16.0 Å². The van der Waals surface area contributed by atoms with Gasteiger partial charge in [0.25, 0.3) is 0 Å². The number of aryl methyl sites for hydroxylation is 1. The second-order valence-corrected chi connectivity index (χ2v) is 10.3. The molecule has 3 N–H and O–H groups in total. The molecule has 1 aliphatic rings. The third-order valence-corrected chi connectivity index (χ3v) is 7.00. The molecule has 9 nitrogen and oxygen atoms in total. The van der Waals surface area contributed by atoms with Crippen LogP contribution in [0.15, 0.2) is 34.1 Å². The highest BCUT2D eigenvalue weighted by atomic mass is 32.1. The van der Waals surface area contributed by atoms with Gasteiger partial charge in [0, 0.05) is 38.9 Å². The van der Waals surface area contributed by atoms with Crippen LogP contribution < -0.4 is 16.0 Å². The Balaban J connectivity index is 1.60. The molecular formula is C26H36N4O5S. The number of furan rings is 1. The molecule has 3 rings (SSSR count). The molecule has 1 aliphatic heterocycles. The fourth-order valence-electron chi connectivity index (χ4n) is 4.03.